The molecule has 0 saturated heterocycles. The van der Waals surface area contributed by atoms with Crippen LogP contribution in [0.4, 0.5) is 0 Å². The van der Waals surface area contributed by atoms with E-state index >= 15 is 0 Å². The van der Waals surface area contributed by atoms with E-state index in [1.807, 2.05) is 13.1 Å². The Morgan fingerprint density at radius 1 is 1.26 bits per heavy atom. The van der Waals surface area contributed by atoms with Crippen LogP contribution in [0.15, 0.2) is 22.7 Å². The summed E-state index contributed by atoms with van der Waals surface area (Å²) in [5, 5.41) is 4.23. The van der Waals surface area contributed by atoms with Crippen molar-refractivity contribution in [3.8, 4) is 0 Å². The maximum absolute atomic E-state index is 6.15. The van der Waals surface area contributed by atoms with Crippen LogP contribution >= 0.6 is 27.5 Å². The highest BCUT2D eigenvalue weighted by Crippen LogP contribution is 2.30. The second kappa shape index (κ2) is 8.99. The molecule has 1 aromatic carbocycles. The van der Waals surface area contributed by atoms with Gasteiger partial charge in [0.2, 0.25) is 0 Å². The summed E-state index contributed by atoms with van der Waals surface area (Å²) >= 11 is 9.67. The molecule has 0 aliphatic rings. The van der Waals surface area contributed by atoms with Gasteiger partial charge >= 0.3 is 0 Å². The van der Waals surface area contributed by atoms with E-state index in [4.69, 9.17) is 11.6 Å². The van der Waals surface area contributed by atoms with Gasteiger partial charge in [0.05, 0.1) is 0 Å². The fourth-order valence-corrected chi connectivity index (χ4v) is 3.40. The van der Waals surface area contributed by atoms with Gasteiger partial charge in [0.1, 0.15) is 0 Å². The monoisotopic (exact) mass is 345 g/mol. The van der Waals surface area contributed by atoms with Gasteiger partial charge in [-0.15, -0.1) is 0 Å². The Morgan fingerprint density at radius 2 is 2.00 bits per heavy atom. The van der Waals surface area contributed by atoms with Crippen molar-refractivity contribution in [1.29, 1.82) is 0 Å². The first-order valence-electron chi connectivity index (χ1n) is 7.23. The molecule has 2 atom stereocenters. The lowest BCUT2D eigenvalue weighted by Crippen LogP contribution is -2.20. The van der Waals surface area contributed by atoms with Crippen molar-refractivity contribution in [2.24, 2.45) is 5.92 Å². The lowest BCUT2D eigenvalue weighted by atomic mass is 9.89. The van der Waals surface area contributed by atoms with Crippen LogP contribution in [0.5, 0.6) is 0 Å². The Hall–Kier alpha value is -0.0500. The molecule has 0 heterocycles. The van der Waals surface area contributed by atoms with Crippen LogP contribution in [0.3, 0.4) is 0 Å². The van der Waals surface area contributed by atoms with Crippen LogP contribution in [0.1, 0.15) is 57.6 Å². The molecule has 0 amide bonds. The molecule has 0 fully saturated rings. The number of hydrogen-bond acceptors (Lipinski definition) is 1. The Balaban J connectivity index is 2.75. The minimum absolute atomic E-state index is 0.386. The zero-order valence-electron chi connectivity index (χ0n) is 12.2. The molecule has 0 bridgehead atoms. The minimum atomic E-state index is 0.386. The van der Waals surface area contributed by atoms with Crippen molar-refractivity contribution >= 4 is 27.5 Å². The van der Waals surface area contributed by atoms with Crippen LogP contribution < -0.4 is 5.32 Å². The van der Waals surface area contributed by atoms with E-state index in [0.717, 1.165) is 15.4 Å². The maximum atomic E-state index is 6.15. The molecule has 19 heavy (non-hydrogen) atoms. The zero-order valence-corrected chi connectivity index (χ0v) is 14.5. The standard InChI is InChI=1S/C16H25BrClN/c1-4-6-7-12(5-2)8-16(19-3)13-9-14(17)11-15(18)10-13/h9-12,16,19H,4-8H2,1-3H3. The third-order valence-electron chi connectivity index (χ3n) is 3.75. The average molecular weight is 347 g/mol. The van der Waals surface area contributed by atoms with Gasteiger partial charge in [0.15, 0.2) is 0 Å². The zero-order chi connectivity index (χ0) is 14.3. The first kappa shape index (κ1) is 17.0. The van der Waals surface area contributed by atoms with Crippen LogP contribution in [-0.2, 0) is 0 Å². The number of benzene rings is 1. The number of nitrogens with one attached hydrogen (secondary N) is 1. The van der Waals surface area contributed by atoms with Gasteiger partial charge in [0, 0.05) is 15.5 Å². The molecule has 2 unspecified atom stereocenters. The average Bonchev–Trinajstić information content (AvgIpc) is 2.38. The molecule has 1 aromatic rings. The summed E-state index contributed by atoms with van der Waals surface area (Å²) in [5.74, 6) is 0.787. The van der Waals surface area contributed by atoms with Crippen LogP contribution in [-0.4, -0.2) is 7.05 Å². The van der Waals surface area contributed by atoms with E-state index < -0.39 is 0 Å². The third-order valence-corrected chi connectivity index (χ3v) is 4.42. The smallest absolute Gasteiger partial charge is 0.0420 e. The van der Waals surface area contributed by atoms with E-state index in [1.54, 1.807) is 0 Å². The van der Waals surface area contributed by atoms with E-state index in [9.17, 15) is 0 Å². The van der Waals surface area contributed by atoms with Gasteiger partial charge in [0.25, 0.3) is 0 Å². The Bertz CT molecular complexity index is 361. The normalized spacial score (nSPS) is 14.4. The predicted molar refractivity (Wildman–Crippen MR) is 88.9 cm³/mol. The second-order valence-electron chi connectivity index (χ2n) is 5.20. The molecule has 0 aromatic heterocycles. The van der Waals surface area contributed by atoms with E-state index in [2.05, 4.69) is 47.2 Å². The minimum Gasteiger partial charge on any atom is -0.313 e. The summed E-state index contributed by atoms with van der Waals surface area (Å²) in [6, 6.07) is 6.56. The Kier molecular flexibility index (Phi) is 8.05. The van der Waals surface area contributed by atoms with Crippen molar-refractivity contribution in [3.63, 3.8) is 0 Å². The molecule has 1 rings (SSSR count). The number of halogens is 2. The lowest BCUT2D eigenvalue weighted by Gasteiger charge is -2.23. The van der Waals surface area contributed by atoms with Crippen molar-refractivity contribution in [3.05, 3.63) is 33.3 Å². The third kappa shape index (κ3) is 5.85. The molecule has 0 aliphatic carbocycles. The number of hydrogen-bond donors (Lipinski definition) is 1. The lowest BCUT2D eigenvalue weighted by molar-refractivity contribution is 0.365. The molecular formula is C16H25BrClN. The first-order chi connectivity index (χ1) is 9.10. The second-order valence-corrected chi connectivity index (χ2v) is 6.55. The summed E-state index contributed by atoms with van der Waals surface area (Å²) < 4.78 is 1.05. The molecule has 3 heteroatoms. The molecule has 0 spiro atoms. The summed E-state index contributed by atoms with van der Waals surface area (Å²) in [5.41, 5.74) is 1.27. The van der Waals surface area contributed by atoms with E-state index in [-0.39, 0.29) is 0 Å². The van der Waals surface area contributed by atoms with Crippen LogP contribution in [0.25, 0.3) is 0 Å². The summed E-state index contributed by atoms with van der Waals surface area (Å²) in [7, 11) is 2.03. The molecule has 0 radical (unpaired) electrons. The fourth-order valence-electron chi connectivity index (χ4n) is 2.51. The predicted octanol–water partition coefficient (Wildman–Crippen LogP) is 5.97. The highest BCUT2D eigenvalue weighted by molar-refractivity contribution is 9.10. The Labute approximate surface area is 131 Å². The van der Waals surface area contributed by atoms with Gasteiger partial charge in [-0.3, -0.25) is 0 Å². The highest BCUT2D eigenvalue weighted by Gasteiger charge is 2.16. The van der Waals surface area contributed by atoms with Gasteiger partial charge in [-0.25, -0.2) is 0 Å². The number of rotatable bonds is 8. The van der Waals surface area contributed by atoms with Crippen molar-refractivity contribution in [2.45, 2.75) is 52.0 Å². The molecular weight excluding hydrogens is 322 g/mol. The van der Waals surface area contributed by atoms with Gasteiger partial charge in [-0.2, -0.15) is 0 Å². The van der Waals surface area contributed by atoms with Gasteiger partial charge in [-0.1, -0.05) is 67.1 Å². The van der Waals surface area contributed by atoms with Crippen molar-refractivity contribution in [1.82, 2.24) is 5.32 Å². The molecule has 1 nitrogen and oxygen atoms in total. The molecule has 1 N–H and O–H groups in total. The van der Waals surface area contributed by atoms with E-state index in [0.29, 0.717) is 6.04 Å². The van der Waals surface area contributed by atoms with E-state index in [1.165, 1.54) is 37.7 Å². The fraction of sp³-hybridized carbons (Fsp3) is 0.625. The van der Waals surface area contributed by atoms with Crippen molar-refractivity contribution < 1.29 is 0 Å². The van der Waals surface area contributed by atoms with Crippen LogP contribution in [0, 0.1) is 5.92 Å². The number of unbranched alkanes of at least 4 members (excludes halogenated alkanes) is 1. The highest BCUT2D eigenvalue weighted by atomic mass is 79.9. The largest absolute Gasteiger partial charge is 0.313 e. The SMILES string of the molecule is CCCCC(CC)CC(NC)c1cc(Cl)cc(Br)c1. The van der Waals surface area contributed by atoms with Gasteiger partial charge in [-0.05, 0) is 43.1 Å². The van der Waals surface area contributed by atoms with Crippen LogP contribution in [0.2, 0.25) is 5.02 Å². The topological polar surface area (TPSA) is 12.0 Å². The molecule has 0 aliphatic heterocycles. The summed E-state index contributed by atoms with van der Waals surface area (Å²) in [6.07, 6.45) is 6.37. The Morgan fingerprint density at radius 3 is 2.53 bits per heavy atom. The van der Waals surface area contributed by atoms with Crippen molar-refractivity contribution in [2.75, 3.05) is 7.05 Å². The first-order valence-corrected chi connectivity index (χ1v) is 8.41. The van der Waals surface area contributed by atoms with Gasteiger partial charge < -0.3 is 5.32 Å². The maximum Gasteiger partial charge on any atom is 0.0420 e. The quantitative estimate of drug-likeness (QED) is 0.611. The summed E-state index contributed by atoms with van der Waals surface area (Å²) in [4.78, 5) is 0. The molecule has 108 valence electrons. The molecule has 0 saturated carbocycles. The summed E-state index contributed by atoms with van der Waals surface area (Å²) in [6.45, 7) is 4.55.